The van der Waals surface area contributed by atoms with Gasteiger partial charge in [-0.05, 0) is 24.6 Å². The number of nitrogens with one attached hydrogen (secondary N) is 1. The van der Waals surface area contributed by atoms with Gasteiger partial charge >= 0.3 is 0 Å². The molecule has 0 spiro atoms. The Labute approximate surface area is 122 Å². The highest BCUT2D eigenvalue weighted by Crippen LogP contribution is 2.26. The van der Waals surface area contributed by atoms with Gasteiger partial charge in [0.2, 0.25) is 0 Å². The van der Waals surface area contributed by atoms with Crippen LogP contribution in [0.2, 0.25) is 5.02 Å². The fraction of sp³-hybridized carbons (Fsp3) is 0.188. The Morgan fingerprint density at radius 3 is 2.85 bits per heavy atom. The van der Waals surface area contributed by atoms with E-state index in [1.807, 2.05) is 42.5 Å². The molecule has 0 bridgehead atoms. The van der Waals surface area contributed by atoms with E-state index in [0.717, 1.165) is 23.3 Å². The Balaban J connectivity index is 1.84. The number of carbonyl (C=O) groups is 1. The van der Waals surface area contributed by atoms with Gasteiger partial charge in [0.15, 0.2) is 0 Å². The fourth-order valence-electron chi connectivity index (χ4n) is 2.34. The Morgan fingerprint density at radius 2 is 2.00 bits per heavy atom. The summed E-state index contributed by atoms with van der Waals surface area (Å²) in [4.78, 5) is 11.8. The lowest BCUT2D eigenvalue weighted by molar-refractivity contribution is 0.0945. The maximum Gasteiger partial charge on any atom is 0.251 e. The van der Waals surface area contributed by atoms with Crippen molar-refractivity contribution in [1.29, 1.82) is 0 Å². The average Bonchev–Trinajstić information content (AvgIpc) is 2.47. The summed E-state index contributed by atoms with van der Waals surface area (Å²) in [6.07, 6.45) is 0.791. The molecule has 0 aliphatic carbocycles. The highest BCUT2D eigenvalue weighted by atomic mass is 35.5. The number of halogens is 1. The van der Waals surface area contributed by atoms with Crippen LogP contribution in [-0.2, 0) is 13.0 Å². The monoisotopic (exact) mass is 287 g/mol. The number of ether oxygens (including phenoxy) is 1. The maximum atomic E-state index is 11.8. The summed E-state index contributed by atoms with van der Waals surface area (Å²) in [6, 6.07) is 13.2. The van der Waals surface area contributed by atoms with E-state index in [4.69, 9.17) is 16.3 Å². The SMILES string of the molecule is O=C1NCCc2c(OCc3ccccc3Cl)cccc21. The van der Waals surface area contributed by atoms with Crippen LogP contribution in [0.15, 0.2) is 42.5 Å². The lowest BCUT2D eigenvalue weighted by Gasteiger charge is -2.19. The van der Waals surface area contributed by atoms with Crippen molar-refractivity contribution in [3.63, 3.8) is 0 Å². The molecule has 0 aromatic heterocycles. The Morgan fingerprint density at radius 1 is 1.15 bits per heavy atom. The molecule has 0 saturated carbocycles. The van der Waals surface area contributed by atoms with Crippen molar-refractivity contribution in [2.45, 2.75) is 13.0 Å². The van der Waals surface area contributed by atoms with Crippen molar-refractivity contribution in [2.75, 3.05) is 6.54 Å². The Hall–Kier alpha value is -2.00. The average molecular weight is 288 g/mol. The van der Waals surface area contributed by atoms with Gasteiger partial charge in [0.25, 0.3) is 5.91 Å². The zero-order valence-corrected chi connectivity index (χ0v) is 11.6. The van der Waals surface area contributed by atoms with Gasteiger partial charge in [-0.25, -0.2) is 0 Å². The van der Waals surface area contributed by atoms with Crippen molar-refractivity contribution in [3.05, 3.63) is 64.2 Å². The molecule has 2 aromatic rings. The molecule has 20 heavy (non-hydrogen) atoms. The van der Waals surface area contributed by atoms with E-state index >= 15 is 0 Å². The third-order valence-corrected chi connectivity index (χ3v) is 3.75. The van der Waals surface area contributed by atoms with Crippen LogP contribution in [0.25, 0.3) is 0 Å². The number of benzene rings is 2. The molecule has 1 heterocycles. The molecule has 1 aliphatic rings. The molecular weight excluding hydrogens is 274 g/mol. The first-order valence-electron chi connectivity index (χ1n) is 6.52. The van der Waals surface area contributed by atoms with E-state index in [1.165, 1.54) is 0 Å². The zero-order chi connectivity index (χ0) is 13.9. The number of amides is 1. The first kappa shape index (κ1) is 13.0. The molecule has 3 rings (SSSR count). The summed E-state index contributed by atoms with van der Waals surface area (Å²) in [6.45, 7) is 1.05. The van der Waals surface area contributed by atoms with Crippen molar-refractivity contribution < 1.29 is 9.53 Å². The molecule has 1 aliphatic heterocycles. The lowest BCUT2D eigenvalue weighted by Crippen LogP contribution is -2.32. The van der Waals surface area contributed by atoms with Gasteiger partial charge < -0.3 is 10.1 Å². The van der Waals surface area contributed by atoms with Crippen LogP contribution in [0.3, 0.4) is 0 Å². The third-order valence-electron chi connectivity index (χ3n) is 3.38. The van der Waals surface area contributed by atoms with Crippen molar-refractivity contribution in [2.24, 2.45) is 0 Å². The van der Waals surface area contributed by atoms with Gasteiger partial charge in [0.1, 0.15) is 12.4 Å². The van der Waals surface area contributed by atoms with Crippen molar-refractivity contribution in [3.8, 4) is 5.75 Å². The largest absolute Gasteiger partial charge is 0.489 e. The first-order chi connectivity index (χ1) is 9.75. The summed E-state index contributed by atoms with van der Waals surface area (Å²) >= 11 is 6.11. The molecule has 102 valence electrons. The summed E-state index contributed by atoms with van der Waals surface area (Å²) in [5, 5.41) is 3.52. The van der Waals surface area contributed by atoms with Crippen LogP contribution < -0.4 is 10.1 Å². The topological polar surface area (TPSA) is 38.3 Å². The number of hydrogen-bond donors (Lipinski definition) is 1. The van der Waals surface area contributed by atoms with Crippen LogP contribution in [0.5, 0.6) is 5.75 Å². The molecular formula is C16H14ClNO2. The third kappa shape index (κ3) is 2.49. The van der Waals surface area contributed by atoms with Gasteiger partial charge in [-0.3, -0.25) is 4.79 Å². The maximum absolute atomic E-state index is 11.8. The van der Waals surface area contributed by atoms with Crippen LogP contribution in [-0.4, -0.2) is 12.5 Å². The molecule has 1 amide bonds. The van der Waals surface area contributed by atoms with E-state index in [2.05, 4.69) is 5.32 Å². The van der Waals surface area contributed by atoms with Crippen LogP contribution >= 0.6 is 11.6 Å². The molecule has 3 nitrogen and oxygen atoms in total. The number of hydrogen-bond acceptors (Lipinski definition) is 2. The van der Waals surface area contributed by atoms with Crippen LogP contribution in [0, 0.1) is 0 Å². The first-order valence-corrected chi connectivity index (χ1v) is 6.90. The molecule has 2 aromatic carbocycles. The zero-order valence-electron chi connectivity index (χ0n) is 10.9. The van der Waals surface area contributed by atoms with E-state index < -0.39 is 0 Å². The fourth-order valence-corrected chi connectivity index (χ4v) is 2.53. The standard InChI is InChI=1S/C16H14ClNO2/c17-14-6-2-1-4-11(14)10-20-15-7-3-5-13-12(15)8-9-18-16(13)19/h1-7H,8-10H2,(H,18,19). The second-order valence-corrected chi connectivity index (χ2v) is 5.08. The predicted molar refractivity (Wildman–Crippen MR) is 78.3 cm³/mol. The minimum absolute atomic E-state index is 0.0329. The van der Waals surface area contributed by atoms with Gasteiger partial charge in [-0.15, -0.1) is 0 Å². The molecule has 0 unspecified atom stereocenters. The molecule has 0 saturated heterocycles. The van der Waals surface area contributed by atoms with E-state index in [9.17, 15) is 4.79 Å². The molecule has 1 N–H and O–H groups in total. The van der Waals surface area contributed by atoms with E-state index in [0.29, 0.717) is 23.7 Å². The van der Waals surface area contributed by atoms with Crippen molar-refractivity contribution >= 4 is 17.5 Å². The highest BCUT2D eigenvalue weighted by molar-refractivity contribution is 6.31. The Bertz CT molecular complexity index is 655. The number of fused-ring (bicyclic) bond motifs is 1. The van der Waals surface area contributed by atoms with E-state index in [1.54, 1.807) is 0 Å². The van der Waals surface area contributed by atoms with Gasteiger partial charge in [0.05, 0.1) is 0 Å². The second-order valence-electron chi connectivity index (χ2n) is 4.67. The number of carbonyl (C=O) groups excluding carboxylic acids is 1. The van der Waals surface area contributed by atoms with Gasteiger partial charge in [0, 0.05) is 28.3 Å². The summed E-state index contributed by atoms with van der Waals surface area (Å²) in [7, 11) is 0. The predicted octanol–water partition coefficient (Wildman–Crippen LogP) is 3.20. The quantitative estimate of drug-likeness (QED) is 0.941. The van der Waals surface area contributed by atoms with Gasteiger partial charge in [-0.2, -0.15) is 0 Å². The molecule has 0 radical (unpaired) electrons. The van der Waals surface area contributed by atoms with Crippen LogP contribution in [0.1, 0.15) is 21.5 Å². The van der Waals surface area contributed by atoms with Crippen molar-refractivity contribution in [1.82, 2.24) is 5.32 Å². The van der Waals surface area contributed by atoms with E-state index in [-0.39, 0.29) is 5.91 Å². The minimum Gasteiger partial charge on any atom is -0.489 e. The highest BCUT2D eigenvalue weighted by Gasteiger charge is 2.19. The normalized spacial score (nSPS) is 13.6. The van der Waals surface area contributed by atoms with Gasteiger partial charge in [-0.1, -0.05) is 35.9 Å². The summed E-state index contributed by atoms with van der Waals surface area (Å²) in [5.74, 6) is 0.728. The number of rotatable bonds is 3. The smallest absolute Gasteiger partial charge is 0.251 e. The molecule has 0 fully saturated rings. The van der Waals surface area contributed by atoms with Crippen LogP contribution in [0.4, 0.5) is 0 Å². The minimum atomic E-state index is -0.0329. The molecule has 4 heteroatoms. The summed E-state index contributed by atoms with van der Waals surface area (Å²) in [5.41, 5.74) is 2.61. The molecule has 0 atom stereocenters. The lowest BCUT2D eigenvalue weighted by atomic mass is 9.99. The Kier molecular flexibility index (Phi) is 3.61. The summed E-state index contributed by atoms with van der Waals surface area (Å²) < 4.78 is 5.86. The second kappa shape index (κ2) is 5.55.